The molecule has 132 valence electrons. The molecule has 0 saturated carbocycles. The summed E-state index contributed by atoms with van der Waals surface area (Å²) in [7, 11) is 0. The Labute approximate surface area is 151 Å². The van der Waals surface area contributed by atoms with Gasteiger partial charge < -0.3 is 10.4 Å². The van der Waals surface area contributed by atoms with Gasteiger partial charge >= 0.3 is 0 Å². The molecule has 1 heterocycles. The van der Waals surface area contributed by atoms with Crippen molar-refractivity contribution in [2.24, 2.45) is 5.92 Å². The van der Waals surface area contributed by atoms with Crippen molar-refractivity contribution in [1.82, 2.24) is 5.32 Å². The Morgan fingerprint density at radius 2 is 1.64 bits per heavy atom. The average Bonchev–Trinajstić information content (AvgIpc) is 2.61. The van der Waals surface area contributed by atoms with Crippen LogP contribution in [-0.4, -0.2) is 10.7 Å². The zero-order valence-corrected chi connectivity index (χ0v) is 15.3. The van der Waals surface area contributed by atoms with Gasteiger partial charge in [0, 0.05) is 18.0 Å². The molecule has 0 bridgehead atoms. The van der Waals surface area contributed by atoms with Crippen molar-refractivity contribution >= 4 is 0 Å². The van der Waals surface area contributed by atoms with E-state index in [1.165, 1.54) is 11.1 Å². The second-order valence-electron chi connectivity index (χ2n) is 7.47. The van der Waals surface area contributed by atoms with E-state index in [0.29, 0.717) is 12.8 Å². The second-order valence-corrected chi connectivity index (χ2v) is 7.47. The van der Waals surface area contributed by atoms with Crippen molar-refractivity contribution in [3.63, 3.8) is 0 Å². The zero-order chi connectivity index (χ0) is 17.9. The summed E-state index contributed by atoms with van der Waals surface area (Å²) in [5.41, 5.74) is 2.78. The molecule has 0 aromatic heterocycles. The molecule has 1 fully saturated rings. The lowest BCUT2D eigenvalue weighted by atomic mass is 9.67. The summed E-state index contributed by atoms with van der Waals surface area (Å²) >= 11 is 0. The molecule has 2 aromatic rings. The molecule has 2 heteroatoms. The largest absolute Gasteiger partial charge is 0.389 e. The number of benzene rings is 2. The van der Waals surface area contributed by atoms with E-state index in [1.54, 1.807) is 0 Å². The Morgan fingerprint density at radius 3 is 2.16 bits per heavy atom. The number of nitrogens with one attached hydrogen (secondary N) is 1. The van der Waals surface area contributed by atoms with E-state index < -0.39 is 5.60 Å². The normalized spacial score (nSPS) is 29.3. The Morgan fingerprint density at radius 1 is 1.08 bits per heavy atom. The van der Waals surface area contributed by atoms with Gasteiger partial charge in [0.1, 0.15) is 0 Å². The fraction of sp³-hybridized carbons (Fsp3) is 0.391. The van der Waals surface area contributed by atoms with Crippen LogP contribution in [0.15, 0.2) is 72.8 Å². The summed E-state index contributed by atoms with van der Waals surface area (Å²) in [4.78, 5) is 0. The van der Waals surface area contributed by atoms with Crippen molar-refractivity contribution in [2.75, 3.05) is 0 Å². The SMILES string of the molecule is C=C(C)CC1(O)CC(c2ccccc2)NC(c2ccccc2)C1CC. The lowest BCUT2D eigenvalue weighted by Crippen LogP contribution is -2.53. The molecule has 4 unspecified atom stereocenters. The summed E-state index contributed by atoms with van der Waals surface area (Å²) in [6, 6.07) is 21.3. The van der Waals surface area contributed by atoms with E-state index in [1.807, 2.05) is 19.1 Å². The lowest BCUT2D eigenvalue weighted by Gasteiger charge is -2.49. The quantitative estimate of drug-likeness (QED) is 0.737. The molecule has 1 aliphatic rings. The number of hydrogen-bond acceptors (Lipinski definition) is 2. The molecule has 4 atom stereocenters. The first-order valence-corrected chi connectivity index (χ1v) is 9.26. The summed E-state index contributed by atoms with van der Waals surface area (Å²) in [5, 5.41) is 15.5. The van der Waals surface area contributed by atoms with Gasteiger partial charge in [0.2, 0.25) is 0 Å². The highest BCUT2D eigenvalue weighted by molar-refractivity contribution is 5.27. The topological polar surface area (TPSA) is 32.3 Å². The smallest absolute Gasteiger partial charge is 0.0748 e. The van der Waals surface area contributed by atoms with Crippen LogP contribution in [0.25, 0.3) is 0 Å². The molecule has 0 spiro atoms. The number of piperidine rings is 1. The van der Waals surface area contributed by atoms with Gasteiger partial charge in [-0.3, -0.25) is 0 Å². The van der Waals surface area contributed by atoms with Crippen molar-refractivity contribution in [1.29, 1.82) is 0 Å². The molecule has 2 N–H and O–H groups in total. The van der Waals surface area contributed by atoms with Crippen LogP contribution in [0.5, 0.6) is 0 Å². The third-order valence-corrected chi connectivity index (χ3v) is 5.44. The van der Waals surface area contributed by atoms with Gasteiger partial charge in [0.05, 0.1) is 5.60 Å². The van der Waals surface area contributed by atoms with Crippen molar-refractivity contribution < 1.29 is 5.11 Å². The van der Waals surface area contributed by atoms with Crippen molar-refractivity contribution in [3.05, 3.63) is 83.9 Å². The fourth-order valence-electron chi connectivity index (χ4n) is 4.44. The molecular formula is C23H29NO. The highest BCUT2D eigenvalue weighted by Gasteiger charge is 2.47. The maximum atomic E-state index is 11.7. The fourth-order valence-corrected chi connectivity index (χ4v) is 4.44. The highest BCUT2D eigenvalue weighted by atomic mass is 16.3. The average molecular weight is 335 g/mol. The highest BCUT2D eigenvalue weighted by Crippen LogP contribution is 2.47. The molecule has 25 heavy (non-hydrogen) atoms. The zero-order valence-electron chi connectivity index (χ0n) is 15.3. The van der Waals surface area contributed by atoms with E-state index in [9.17, 15) is 5.11 Å². The van der Waals surface area contributed by atoms with E-state index in [-0.39, 0.29) is 18.0 Å². The Kier molecular flexibility index (Phi) is 5.41. The van der Waals surface area contributed by atoms with Crippen LogP contribution in [0.1, 0.15) is 56.3 Å². The lowest BCUT2D eigenvalue weighted by molar-refractivity contribution is -0.0759. The Bertz CT molecular complexity index is 697. The molecular weight excluding hydrogens is 306 g/mol. The predicted molar refractivity (Wildman–Crippen MR) is 104 cm³/mol. The van der Waals surface area contributed by atoms with Crippen LogP contribution >= 0.6 is 0 Å². The first-order chi connectivity index (χ1) is 12.0. The van der Waals surface area contributed by atoms with Crippen molar-refractivity contribution in [3.8, 4) is 0 Å². The minimum absolute atomic E-state index is 0.134. The molecule has 3 rings (SSSR count). The van der Waals surface area contributed by atoms with Crippen LogP contribution < -0.4 is 5.32 Å². The number of aliphatic hydroxyl groups is 1. The summed E-state index contributed by atoms with van der Waals surface area (Å²) in [5.74, 6) is 0.159. The van der Waals surface area contributed by atoms with E-state index in [0.717, 1.165) is 12.0 Å². The molecule has 1 saturated heterocycles. The predicted octanol–water partition coefficient (Wildman–Crippen LogP) is 5.19. The monoisotopic (exact) mass is 335 g/mol. The van der Waals surface area contributed by atoms with Crippen LogP contribution in [0.2, 0.25) is 0 Å². The van der Waals surface area contributed by atoms with Gasteiger partial charge in [-0.2, -0.15) is 0 Å². The summed E-state index contributed by atoms with van der Waals surface area (Å²) in [6.07, 6.45) is 2.30. The first-order valence-electron chi connectivity index (χ1n) is 9.26. The Balaban J connectivity index is 2.01. The van der Waals surface area contributed by atoms with Crippen LogP contribution in [0, 0.1) is 5.92 Å². The minimum atomic E-state index is -0.743. The van der Waals surface area contributed by atoms with Crippen molar-refractivity contribution in [2.45, 2.75) is 50.8 Å². The maximum Gasteiger partial charge on any atom is 0.0748 e. The maximum absolute atomic E-state index is 11.7. The molecule has 0 aliphatic carbocycles. The van der Waals surface area contributed by atoms with Gasteiger partial charge in [-0.1, -0.05) is 73.2 Å². The molecule has 0 radical (unpaired) electrons. The van der Waals surface area contributed by atoms with Crippen LogP contribution in [0.4, 0.5) is 0 Å². The third-order valence-electron chi connectivity index (χ3n) is 5.44. The van der Waals surface area contributed by atoms with Gasteiger partial charge in [-0.25, -0.2) is 0 Å². The second kappa shape index (κ2) is 7.55. The summed E-state index contributed by atoms with van der Waals surface area (Å²) in [6.45, 7) is 8.27. The van der Waals surface area contributed by atoms with E-state index in [4.69, 9.17) is 0 Å². The molecule has 2 nitrogen and oxygen atoms in total. The Hall–Kier alpha value is -1.90. The van der Waals surface area contributed by atoms with E-state index >= 15 is 0 Å². The van der Waals surface area contributed by atoms with Gasteiger partial charge in [-0.15, -0.1) is 6.58 Å². The van der Waals surface area contributed by atoms with Gasteiger partial charge in [0.15, 0.2) is 0 Å². The molecule has 1 aliphatic heterocycles. The third kappa shape index (κ3) is 3.86. The minimum Gasteiger partial charge on any atom is -0.389 e. The van der Waals surface area contributed by atoms with Gasteiger partial charge in [0.25, 0.3) is 0 Å². The standard InChI is InChI=1S/C23H29NO/c1-4-20-22(19-13-9-6-10-14-19)24-21(18-11-7-5-8-12-18)16-23(20,25)15-17(2)3/h5-14,20-22,24-25H,2,4,15-16H2,1,3H3. The van der Waals surface area contributed by atoms with Gasteiger partial charge in [-0.05, 0) is 37.3 Å². The first kappa shape index (κ1) is 17.9. The molecule has 0 amide bonds. The number of hydrogen-bond donors (Lipinski definition) is 2. The summed E-state index contributed by atoms with van der Waals surface area (Å²) < 4.78 is 0. The number of rotatable bonds is 5. The van der Waals surface area contributed by atoms with Crippen LogP contribution in [0.3, 0.4) is 0 Å². The molecule has 2 aromatic carbocycles. The van der Waals surface area contributed by atoms with Crippen LogP contribution in [-0.2, 0) is 0 Å². The van der Waals surface area contributed by atoms with E-state index in [2.05, 4.69) is 67.4 Å².